The minimum atomic E-state index is -2.50. The van der Waals surface area contributed by atoms with Gasteiger partial charge in [-0.05, 0) is 26.5 Å². The lowest BCUT2D eigenvalue weighted by atomic mass is 10.0. The Bertz CT molecular complexity index is 844. The lowest BCUT2D eigenvalue weighted by Crippen LogP contribution is -2.66. The van der Waals surface area contributed by atoms with E-state index in [1.807, 2.05) is 12.1 Å². The van der Waals surface area contributed by atoms with Gasteiger partial charge in [0.25, 0.3) is 8.32 Å². The highest BCUT2D eigenvalue weighted by molar-refractivity contribution is 6.99. The Morgan fingerprint density at radius 3 is 1.69 bits per heavy atom. The van der Waals surface area contributed by atoms with Gasteiger partial charge in [-0.25, -0.2) is 0 Å². The van der Waals surface area contributed by atoms with Crippen molar-refractivity contribution < 1.29 is 9.53 Å². The number of aliphatic hydroxyl groups is 1. The summed E-state index contributed by atoms with van der Waals surface area (Å²) >= 11 is 0. The first-order valence-corrected chi connectivity index (χ1v) is 12.2. The summed E-state index contributed by atoms with van der Waals surface area (Å²) in [6, 6.07) is 29.7. The second-order valence-corrected chi connectivity index (χ2v) is 13.1. The molecule has 152 valence electrons. The van der Waals surface area contributed by atoms with Crippen LogP contribution in [0.15, 0.2) is 84.9 Å². The minimum absolute atomic E-state index is 0.0177. The molecule has 0 saturated heterocycles. The van der Waals surface area contributed by atoms with Crippen molar-refractivity contribution in [3.05, 3.63) is 96.1 Å². The number of benzene rings is 3. The number of hydrogen-bond donors (Lipinski definition) is 1. The van der Waals surface area contributed by atoms with Gasteiger partial charge in [0.15, 0.2) is 0 Å². The Morgan fingerprint density at radius 2 is 1.28 bits per heavy atom. The lowest BCUT2D eigenvalue weighted by molar-refractivity contribution is 0.277. The highest BCUT2D eigenvalue weighted by atomic mass is 28.4. The second-order valence-electron chi connectivity index (χ2n) is 8.77. The third kappa shape index (κ3) is 4.53. The van der Waals surface area contributed by atoms with E-state index in [0.717, 1.165) is 5.56 Å². The van der Waals surface area contributed by atoms with Crippen molar-refractivity contribution in [2.45, 2.75) is 45.3 Å². The standard InChI is InChI=1S/C26H32O2Si/c1-21(23-17-15-22(19-27)16-18-23)20-28-29(26(2,3)4,24-11-7-5-8-12-24)25-13-9-6-10-14-25/h5-18,21,27H,19-20H2,1-4H3/t21-/m1/s1. The molecule has 0 aliphatic rings. The summed E-state index contributed by atoms with van der Waals surface area (Å²) in [6.07, 6.45) is 0. The average Bonchev–Trinajstić information content (AvgIpc) is 2.74. The lowest BCUT2D eigenvalue weighted by Gasteiger charge is -2.43. The average molecular weight is 405 g/mol. The van der Waals surface area contributed by atoms with Crippen molar-refractivity contribution in [3.63, 3.8) is 0 Å². The Kier molecular flexibility index (Phi) is 6.73. The first kappa shape index (κ1) is 21.5. The van der Waals surface area contributed by atoms with Gasteiger partial charge < -0.3 is 9.53 Å². The van der Waals surface area contributed by atoms with Gasteiger partial charge in [-0.3, -0.25) is 0 Å². The molecule has 1 atom stereocenters. The quantitative estimate of drug-likeness (QED) is 0.570. The molecule has 3 aromatic carbocycles. The molecular formula is C26H32O2Si. The molecule has 0 saturated carbocycles. The molecule has 29 heavy (non-hydrogen) atoms. The van der Waals surface area contributed by atoms with Crippen molar-refractivity contribution in [2.75, 3.05) is 6.61 Å². The van der Waals surface area contributed by atoms with Crippen molar-refractivity contribution in [1.82, 2.24) is 0 Å². The summed E-state index contributed by atoms with van der Waals surface area (Å²) in [6.45, 7) is 9.87. The fourth-order valence-corrected chi connectivity index (χ4v) is 8.71. The summed E-state index contributed by atoms with van der Waals surface area (Å²) in [4.78, 5) is 0. The fourth-order valence-electron chi connectivity index (χ4n) is 4.06. The first-order chi connectivity index (χ1) is 13.9. The van der Waals surface area contributed by atoms with Crippen LogP contribution in [-0.2, 0) is 11.0 Å². The molecule has 1 N–H and O–H groups in total. The van der Waals surface area contributed by atoms with Gasteiger partial charge >= 0.3 is 0 Å². The van der Waals surface area contributed by atoms with Gasteiger partial charge in [-0.1, -0.05) is 113 Å². The van der Waals surface area contributed by atoms with E-state index in [1.54, 1.807) is 0 Å². The van der Waals surface area contributed by atoms with Crippen LogP contribution in [-0.4, -0.2) is 20.0 Å². The first-order valence-electron chi connectivity index (χ1n) is 10.3. The van der Waals surface area contributed by atoms with Crippen LogP contribution >= 0.6 is 0 Å². The molecule has 0 heterocycles. The predicted octanol–water partition coefficient (Wildman–Crippen LogP) is 4.86. The molecule has 3 aromatic rings. The minimum Gasteiger partial charge on any atom is -0.407 e. The van der Waals surface area contributed by atoms with Crippen LogP contribution in [0.2, 0.25) is 5.04 Å². The molecule has 0 aliphatic carbocycles. The summed E-state index contributed by atoms with van der Waals surface area (Å²) in [5.74, 6) is 0.268. The van der Waals surface area contributed by atoms with Crippen molar-refractivity contribution >= 4 is 18.7 Å². The fraction of sp³-hybridized carbons (Fsp3) is 0.308. The summed E-state index contributed by atoms with van der Waals surface area (Å²) in [5, 5.41) is 11.9. The van der Waals surface area contributed by atoms with E-state index in [1.165, 1.54) is 15.9 Å². The van der Waals surface area contributed by atoms with Gasteiger partial charge in [0.05, 0.1) is 6.61 Å². The van der Waals surface area contributed by atoms with Gasteiger partial charge in [-0.15, -0.1) is 0 Å². The molecule has 0 fully saturated rings. The normalized spacial score (nSPS) is 13.3. The zero-order valence-electron chi connectivity index (χ0n) is 17.9. The largest absolute Gasteiger partial charge is 0.407 e. The van der Waals surface area contributed by atoms with E-state index in [4.69, 9.17) is 4.43 Å². The van der Waals surface area contributed by atoms with Gasteiger partial charge in [-0.2, -0.15) is 0 Å². The Labute approximate surface area is 176 Å². The van der Waals surface area contributed by atoms with Crippen LogP contribution in [0.4, 0.5) is 0 Å². The SMILES string of the molecule is C[C@H](CO[Si](c1ccccc1)(c1ccccc1)C(C)(C)C)c1ccc(CO)cc1. The second kappa shape index (κ2) is 9.08. The third-order valence-corrected chi connectivity index (χ3v) is 10.7. The molecule has 0 amide bonds. The molecule has 0 radical (unpaired) electrons. The molecular weight excluding hydrogens is 372 g/mol. The maximum absolute atomic E-state index is 9.30. The molecule has 0 aliphatic heterocycles. The molecule has 3 rings (SSSR count). The van der Waals surface area contributed by atoms with Crippen molar-refractivity contribution in [1.29, 1.82) is 0 Å². The van der Waals surface area contributed by atoms with E-state index in [2.05, 4.69) is 100 Å². The van der Waals surface area contributed by atoms with Crippen LogP contribution in [0.3, 0.4) is 0 Å². The number of aliphatic hydroxyl groups excluding tert-OH is 1. The van der Waals surface area contributed by atoms with E-state index < -0.39 is 8.32 Å². The van der Waals surface area contributed by atoms with Gasteiger partial charge in [0.1, 0.15) is 0 Å². The predicted molar refractivity (Wildman–Crippen MR) is 124 cm³/mol. The molecule has 0 bridgehead atoms. The smallest absolute Gasteiger partial charge is 0.261 e. The van der Waals surface area contributed by atoms with E-state index in [-0.39, 0.29) is 17.6 Å². The maximum Gasteiger partial charge on any atom is 0.261 e. The van der Waals surface area contributed by atoms with Crippen molar-refractivity contribution in [2.24, 2.45) is 0 Å². The highest BCUT2D eigenvalue weighted by Gasteiger charge is 2.50. The van der Waals surface area contributed by atoms with E-state index in [0.29, 0.717) is 6.61 Å². The maximum atomic E-state index is 9.30. The highest BCUT2D eigenvalue weighted by Crippen LogP contribution is 2.37. The number of hydrogen-bond acceptors (Lipinski definition) is 2. The monoisotopic (exact) mass is 404 g/mol. The van der Waals surface area contributed by atoms with Crippen LogP contribution in [0.5, 0.6) is 0 Å². The summed E-state index contributed by atoms with van der Waals surface area (Å²) < 4.78 is 7.03. The van der Waals surface area contributed by atoms with E-state index >= 15 is 0 Å². The Morgan fingerprint density at radius 1 is 0.793 bits per heavy atom. The van der Waals surface area contributed by atoms with Crippen LogP contribution in [0, 0.1) is 0 Å². The van der Waals surface area contributed by atoms with E-state index in [9.17, 15) is 5.11 Å². The zero-order chi connectivity index (χ0) is 20.9. The number of rotatable bonds is 7. The van der Waals surface area contributed by atoms with Gasteiger partial charge in [0, 0.05) is 12.5 Å². The van der Waals surface area contributed by atoms with Crippen LogP contribution in [0.25, 0.3) is 0 Å². The molecule has 0 unspecified atom stereocenters. The Hall–Kier alpha value is -2.20. The Balaban J connectivity index is 1.99. The topological polar surface area (TPSA) is 29.5 Å². The van der Waals surface area contributed by atoms with Crippen LogP contribution < -0.4 is 10.4 Å². The molecule has 2 nitrogen and oxygen atoms in total. The van der Waals surface area contributed by atoms with Crippen LogP contribution in [0.1, 0.15) is 44.7 Å². The zero-order valence-corrected chi connectivity index (χ0v) is 18.9. The third-order valence-electron chi connectivity index (χ3n) is 5.70. The molecule has 0 aromatic heterocycles. The summed E-state index contributed by atoms with van der Waals surface area (Å²) in [5.41, 5.74) is 2.17. The molecule has 0 spiro atoms. The van der Waals surface area contributed by atoms with Crippen molar-refractivity contribution in [3.8, 4) is 0 Å². The molecule has 3 heteroatoms. The summed E-state index contributed by atoms with van der Waals surface area (Å²) in [7, 11) is -2.50. The van der Waals surface area contributed by atoms with Gasteiger partial charge in [0.2, 0.25) is 0 Å².